The quantitative estimate of drug-likeness (QED) is 0.637. The molecule has 18 heavy (non-hydrogen) atoms. The molecule has 0 spiro atoms. The maximum Gasteiger partial charge on any atom is 0.308 e. The number of carboxylic acids is 1. The van der Waals surface area contributed by atoms with E-state index in [1.807, 2.05) is 6.07 Å². The van der Waals surface area contributed by atoms with Crippen LogP contribution in [0.2, 0.25) is 0 Å². The van der Waals surface area contributed by atoms with Crippen molar-refractivity contribution >= 4 is 17.6 Å². The number of aromatic nitrogens is 2. The van der Waals surface area contributed by atoms with Gasteiger partial charge in [0.2, 0.25) is 0 Å². The van der Waals surface area contributed by atoms with Gasteiger partial charge >= 0.3 is 5.97 Å². The van der Waals surface area contributed by atoms with E-state index >= 15 is 0 Å². The van der Waals surface area contributed by atoms with Crippen LogP contribution in [-0.4, -0.2) is 33.6 Å². The fraction of sp³-hybridized carbons (Fsp3) is 0.583. The number of nitrogens with one attached hydrogen (secondary N) is 2. The number of nitrogens with zero attached hydrogens (tertiary/aromatic N) is 2. The van der Waals surface area contributed by atoms with E-state index in [2.05, 4.69) is 27.5 Å². The summed E-state index contributed by atoms with van der Waals surface area (Å²) in [5.74, 6) is 0.422. The van der Waals surface area contributed by atoms with E-state index in [0.717, 1.165) is 25.2 Å². The molecule has 98 valence electrons. The first-order chi connectivity index (χ1) is 8.70. The Balaban J connectivity index is 1.86. The molecule has 0 bridgehead atoms. The molecule has 1 heterocycles. The average molecular weight is 250 g/mol. The van der Waals surface area contributed by atoms with E-state index in [1.165, 1.54) is 6.33 Å². The van der Waals surface area contributed by atoms with Gasteiger partial charge in [0.1, 0.15) is 18.0 Å². The van der Waals surface area contributed by atoms with Crippen molar-refractivity contribution in [1.29, 1.82) is 0 Å². The molecule has 1 saturated carbocycles. The topological polar surface area (TPSA) is 87.1 Å². The Morgan fingerprint density at radius 1 is 1.50 bits per heavy atom. The molecule has 1 aliphatic carbocycles. The van der Waals surface area contributed by atoms with E-state index in [1.54, 1.807) is 0 Å². The highest BCUT2D eigenvalue weighted by Crippen LogP contribution is 2.33. The molecule has 0 saturated heterocycles. The van der Waals surface area contributed by atoms with Crippen molar-refractivity contribution in [2.24, 2.45) is 5.92 Å². The summed E-state index contributed by atoms with van der Waals surface area (Å²) in [6.07, 6.45) is 4.37. The van der Waals surface area contributed by atoms with Gasteiger partial charge in [-0.05, 0) is 12.8 Å². The highest BCUT2D eigenvalue weighted by atomic mass is 16.4. The maximum atomic E-state index is 10.7. The predicted molar refractivity (Wildman–Crippen MR) is 68.6 cm³/mol. The lowest BCUT2D eigenvalue weighted by Crippen LogP contribution is -2.12. The van der Waals surface area contributed by atoms with E-state index in [9.17, 15) is 4.79 Å². The lowest BCUT2D eigenvalue weighted by atomic mass is 10.3. The monoisotopic (exact) mass is 250 g/mol. The third kappa shape index (κ3) is 3.32. The Hall–Kier alpha value is -1.85. The first kappa shape index (κ1) is 12.6. The summed E-state index contributed by atoms with van der Waals surface area (Å²) in [6, 6.07) is 1.81. The summed E-state index contributed by atoms with van der Waals surface area (Å²) in [5, 5.41) is 15.1. The predicted octanol–water partition coefficient (Wildman–Crippen LogP) is 1.57. The maximum absolute atomic E-state index is 10.7. The molecule has 0 aromatic carbocycles. The first-order valence-electron chi connectivity index (χ1n) is 6.26. The van der Waals surface area contributed by atoms with Crippen LogP contribution in [0.1, 0.15) is 26.2 Å². The minimum absolute atomic E-state index is 0.000826. The molecule has 0 radical (unpaired) electrons. The summed E-state index contributed by atoms with van der Waals surface area (Å²) in [7, 11) is 0. The Morgan fingerprint density at radius 2 is 2.28 bits per heavy atom. The zero-order valence-corrected chi connectivity index (χ0v) is 10.4. The molecule has 3 N–H and O–H groups in total. The molecule has 2 atom stereocenters. The molecule has 6 nitrogen and oxygen atoms in total. The smallest absolute Gasteiger partial charge is 0.308 e. The largest absolute Gasteiger partial charge is 0.481 e. The second-order valence-electron chi connectivity index (χ2n) is 4.50. The fourth-order valence-corrected chi connectivity index (χ4v) is 1.74. The molecule has 2 unspecified atom stereocenters. The summed E-state index contributed by atoms with van der Waals surface area (Å²) in [6.45, 7) is 3.02. The van der Waals surface area contributed by atoms with Crippen LogP contribution in [-0.2, 0) is 4.79 Å². The molecule has 2 rings (SSSR count). The first-order valence-corrected chi connectivity index (χ1v) is 6.26. The highest BCUT2D eigenvalue weighted by molar-refractivity contribution is 5.75. The van der Waals surface area contributed by atoms with Gasteiger partial charge in [-0.2, -0.15) is 0 Å². The van der Waals surface area contributed by atoms with Gasteiger partial charge in [0.05, 0.1) is 5.92 Å². The number of unbranched alkanes of at least 4 members (excludes halogenated alkanes) is 1. The van der Waals surface area contributed by atoms with Gasteiger partial charge in [0, 0.05) is 18.7 Å². The number of hydrogen-bond acceptors (Lipinski definition) is 5. The van der Waals surface area contributed by atoms with Crippen LogP contribution in [0.15, 0.2) is 12.4 Å². The molecular weight excluding hydrogens is 232 g/mol. The van der Waals surface area contributed by atoms with Gasteiger partial charge < -0.3 is 15.7 Å². The summed E-state index contributed by atoms with van der Waals surface area (Å²) in [5.41, 5.74) is 0. The zero-order valence-electron chi connectivity index (χ0n) is 10.4. The Morgan fingerprint density at radius 3 is 2.94 bits per heavy atom. The van der Waals surface area contributed by atoms with Gasteiger partial charge in [-0.1, -0.05) is 13.3 Å². The molecule has 0 aliphatic heterocycles. The Bertz CT molecular complexity index is 424. The van der Waals surface area contributed by atoms with Crippen molar-refractivity contribution in [3.63, 3.8) is 0 Å². The number of rotatable bonds is 7. The normalized spacial score (nSPS) is 21.4. The number of anilines is 2. The van der Waals surface area contributed by atoms with E-state index in [4.69, 9.17) is 5.11 Å². The molecule has 1 fully saturated rings. The van der Waals surface area contributed by atoms with Crippen molar-refractivity contribution in [3.05, 3.63) is 12.4 Å². The summed E-state index contributed by atoms with van der Waals surface area (Å²) in [4.78, 5) is 18.9. The minimum atomic E-state index is -0.747. The van der Waals surface area contributed by atoms with Gasteiger partial charge in [0.15, 0.2) is 0 Å². The molecule has 1 aliphatic rings. The van der Waals surface area contributed by atoms with Crippen LogP contribution < -0.4 is 10.6 Å². The molecule has 6 heteroatoms. The number of carbonyl (C=O) groups is 1. The van der Waals surface area contributed by atoms with Crippen LogP contribution >= 0.6 is 0 Å². The van der Waals surface area contributed by atoms with Crippen LogP contribution in [0.3, 0.4) is 0 Å². The van der Waals surface area contributed by atoms with E-state index in [-0.39, 0.29) is 12.0 Å². The van der Waals surface area contributed by atoms with Crippen molar-refractivity contribution in [3.8, 4) is 0 Å². The SMILES string of the molecule is CCCCNc1cc(NC2CC2C(=O)O)ncn1. The van der Waals surface area contributed by atoms with E-state index in [0.29, 0.717) is 12.2 Å². The van der Waals surface area contributed by atoms with Crippen molar-refractivity contribution in [1.82, 2.24) is 9.97 Å². The van der Waals surface area contributed by atoms with Gasteiger partial charge in [0.25, 0.3) is 0 Å². The third-order valence-corrected chi connectivity index (χ3v) is 2.94. The van der Waals surface area contributed by atoms with Crippen LogP contribution in [0.4, 0.5) is 11.6 Å². The molecular formula is C12H18N4O2. The van der Waals surface area contributed by atoms with E-state index < -0.39 is 5.97 Å². The second-order valence-corrected chi connectivity index (χ2v) is 4.50. The average Bonchev–Trinajstić information content (AvgIpc) is 3.09. The second kappa shape index (κ2) is 5.66. The lowest BCUT2D eigenvalue weighted by molar-refractivity contribution is -0.138. The Kier molecular flexibility index (Phi) is 3.96. The van der Waals surface area contributed by atoms with Crippen molar-refractivity contribution in [2.75, 3.05) is 17.2 Å². The summed E-state index contributed by atoms with van der Waals surface area (Å²) < 4.78 is 0. The number of hydrogen-bond donors (Lipinski definition) is 3. The number of aliphatic carboxylic acids is 1. The standard InChI is InChI=1S/C12H18N4O2/c1-2-3-4-13-10-6-11(15-7-14-10)16-9-5-8(9)12(17)18/h6-9H,2-5H2,1H3,(H,17,18)(H2,13,14,15,16). The van der Waals surface area contributed by atoms with Crippen LogP contribution in [0.5, 0.6) is 0 Å². The number of carboxylic acid groups (broad SMARTS) is 1. The highest BCUT2D eigenvalue weighted by Gasteiger charge is 2.43. The van der Waals surface area contributed by atoms with Gasteiger partial charge in [-0.3, -0.25) is 4.79 Å². The summed E-state index contributed by atoms with van der Waals surface area (Å²) >= 11 is 0. The molecule has 1 aromatic rings. The van der Waals surface area contributed by atoms with Gasteiger partial charge in [-0.15, -0.1) is 0 Å². The van der Waals surface area contributed by atoms with Crippen LogP contribution in [0, 0.1) is 5.92 Å². The lowest BCUT2D eigenvalue weighted by Gasteiger charge is -2.07. The Labute approximate surface area is 106 Å². The zero-order chi connectivity index (χ0) is 13.0. The van der Waals surface area contributed by atoms with Crippen molar-refractivity contribution < 1.29 is 9.90 Å². The molecule has 1 aromatic heterocycles. The van der Waals surface area contributed by atoms with Crippen molar-refractivity contribution in [2.45, 2.75) is 32.2 Å². The van der Waals surface area contributed by atoms with Crippen LogP contribution in [0.25, 0.3) is 0 Å². The fourth-order valence-electron chi connectivity index (χ4n) is 1.74. The van der Waals surface area contributed by atoms with Gasteiger partial charge in [-0.25, -0.2) is 9.97 Å². The molecule has 0 amide bonds. The third-order valence-electron chi connectivity index (χ3n) is 2.94. The minimum Gasteiger partial charge on any atom is -0.481 e.